The van der Waals surface area contributed by atoms with Gasteiger partial charge in [-0.15, -0.1) is 0 Å². The third-order valence-electron chi connectivity index (χ3n) is 6.79. The van der Waals surface area contributed by atoms with Gasteiger partial charge in [0.2, 0.25) is 0 Å². The number of aromatic nitrogens is 2. The normalized spacial score (nSPS) is 14.9. The molecule has 38 heavy (non-hydrogen) atoms. The Labute approximate surface area is 227 Å². The van der Waals surface area contributed by atoms with Gasteiger partial charge in [0.1, 0.15) is 17.3 Å². The van der Waals surface area contributed by atoms with E-state index in [0.29, 0.717) is 22.9 Å². The van der Waals surface area contributed by atoms with E-state index in [0.717, 1.165) is 27.6 Å². The van der Waals surface area contributed by atoms with Crippen LogP contribution in [0.25, 0.3) is 32.5 Å². The van der Waals surface area contributed by atoms with Crippen molar-refractivity contribution < 1.29 is 8.85 Å². The van der Waals surface area contributed by atoms with Crippen molar-refractivity contribution in [2.24, 2.45) is 0 Å². The van der Waals surface area contributed by atoms with Crippen molar-refractivity contribution in [2.75, 3.05) is 18.5 Å². The second-order valence-corrected chi connectivity index (χ2v) is 10.5. The molecule has 0 saturated carbocycles. The Morgan fingerprint density at radius 2 is 1.76 bits per heavy atom. The first-order valence-corrected chi connectivity index (χ1v) is 12.4. The summed E-state index contributed by atoms with van der Waals surface area (Å²) in [7, 11) is 0. The Balaban J connectivity index is 1.42. The summed E-state index contributed by atoms with van der Waals surface area (Å²) >= 11 is 0. The predicted molar refractivity (Wildman–Crippen MR) is 154 cm³/mol. The zero-order valence-electron chi connectivity index (χ0n) is 24.5. The highest BCUT2D eigenvalue weighted by atomic mass is 16.5. The number of rotatable bonds is 4. The molecule has 6 rings (SSSR count). The van der Waals surface area contributed by atoms with E-state index in [1.807, 2.05) is 42.6 Å². The summed E-state index contributed by atoms with van der Waals surface area (Å²) in [5.74, 6) is 1.93. The number of pyridine rings is 1. The Morgan fingerprint density at radius 3 is 2.55 bits per heavy atom. The van der Waals surface area contributed by atoms with E-state index in [-0.39, 0.29) is 12.1 Å². The van der Waals surface area contributed by atoms with E-state index in [1.165, 1.54) is 16.7 Å². The fourth-order valence-electron chi connectivity index (χ4n) is 4.85. The van der Waals surface area contributed by atoms with E-state index >= 15 is 0 Å². The van der Waals surface area contributed by atoms with Gasteiger partial charge in [-0.25, -0.2) is 9.83 Å². The molecule has 0 spiro atoms. The molecule has 3 aromatic carbocycles. The van der Waals surface area contributed by atoms with E-state index in [9.17, 15) is 0 Å². The lowest BCUT2D eigenvalue weighted by Gasteiger charge is -2.20. The minimum atomic E-state index is -2.24. The summed E-state index contributed by atoms with van der Waals surface area (Å²) < 4.78 is 31.5. The van der Waals surface area contributed by atoms with E-state index in [2.05, 4.69) is 54.4 Å². The van der Waals surface area contributed by atoms with Crippen LogP contribution in [0.15, 0.2) is 91.4 Å². The van der Waals surface area contributed by atoms with Crippen LogP contribution in [-0.4, -0.2) is 28.1 Å². The van der Waals surface area contributed by atoms with Crippen LogP contribution < -0.4 is 9.64 Å². The van der Waals surface area contributed by atoms with Crippen LogP contribution in [0.3, 0.4) is 0 Å². The molecule has 1 aliphatic heterocycles. The van der Waals surface area contributed by atoms with Crippen molar-refractivity contribution in [2.45, 2.75) is 26.2 Å². The zero-order chi connectivity index (χ0) is 28.9. The highest BCUT2D eigenvalue weighted by molar-refractivity contribution is 6.09. The first kappa shape index (κ1) is 20.3. The van der Waals surface area contributed by atoms with Gasteiger partial charge in [-0.3, -0.25) is 4.57 Å². The van der Waals surface area contributed by atoms with Gasteiger partial charge >= 0.3 is 0 Å². The molecule has 6 nitrogen and oxygen atoms in total. The first-order chi connectivity index (χ1) is 19.5. The number of hydrogen-bond donors (Lipinski definition) is 0. The van der Waals surface area contributed by atoms with Crippen LogP contribution >= 0.6 is 0 Å². The highest BCUT2D eigenvalue weighted by Crippen LogP contribution is 2.37. The van der Waals surface area contributed by atoms with Gasteiger partial charge in [0.15, 0.2) is 5.69 Å². The maximum atomic E-state index is 7.68. The Kier molecular flexibility index (Phi) is 4.79. The summed E-state index contributed by atoms with van der Waals surface area (Å²) in [6.07, 6.45) is 5.09. The summed E-state index contributed by atoms with van der Waals surface area (Å²) in [5.41, 5.74) is 4.25. The van der Waals surface area contributed by atoms with Crippen molar-refractivity contribution in [3.8, 4) is 17.3 Å². The van der Waals surface area contributed by atoms with Crippen molar-refractivity contribution in [1.82, 2.24) is 14.5 Å². The molecule has 0 amide bonds. The van der Waals surface area contributed by atoms with Crippen LogP contribution in [0.4, 0.5) is 11.4 Å². The molecule has 0 N–H and O–H groups in total. The van der Waals surface area contributed by atoms with Gasteiger partial charge in [0.25, 0.3) is 0 Å². The van der Waals surface area contributed by atoms with Crippen molar-refractivity contribution in [1.29, 1.82) is 0 Å². The van der Waals surface area contributed by atoms with Crippen LogP contribution in [0.5, 0.6) is 11.5 Å². The molecule has 1 aliphatic rings. The number of nitrogens with zero attached hydrogens (tertiary/aromatic N) is 5. The molecule has 188 valence electrons. The first-order valence-electron chi connectivity index (χ1n) is 13.9. The van der Waals surface area contributed by atoms with E-state index in [4.69, 9.17) is 20.4 Å². The van der Waals surface area contributed by atoms with Crippen molar-refractivity contribution in [3.05, 3.63) is 108 Å². The lowest BCUT2D eigenvalue weighted by Crippen LogP contribution is -2.21. The quantitative estimate of drug-likeness (QED) is 0.233. The van der Waals surface area contributed by atoms with Gasteiger partial charge in [0, 0.05) is 58.3 Å². The van der Waals surface area contributed by atoms with Crippen LogP contribution in [-0.2, 0) is 5.41 Å². The maximum Gasteiger partial charge on any atom is 0.192 e. The fourth-order valence-corrected chi connectivity index (χ4v) is 4.85. The van der Waals surface area contributed by atoms with Crippen molar-refractivity contribution in [3.63, 3.8) is 0 Å². The second-order valence-electron chi connectivity index (χ2n) is 10.5. The molecule has 0 aliphatic carbocycles. The summed E-state index contributed by atoms with van der Waals surface area (Å²) in [6, 6.07) is 23.7. The summed E-state index contributed by atoms with van der Waals surface area (Å²) in [6.45, 7) is 12.1. The smallest absolute Gasteiger partial charge is 0.192 e. The van der Waals surface area contributed by atoms with Gasteiger partial charge in [0.05, 0.1) is 24.3 Å². The Morgan fingerprint density at radius 1 is 0.921 bits per heavy atom. The largest absolute Gasteiger partial charge is 0.459 e. The standard InChI is InChI=1S/C32H29N5O/c1-32(2,3)22-12-13-34-31(16-22)37-29-9-7-6-8-27(29)28-11-10-25(20-30(28)37)38-26-18-23(33-4)17-24(19-26)36-15-14-35(5)21-36/h6-20H,21H2,1-3,5H3/i5D3. The van der Waals surface area contributed by atoms with E-state index in [1.54, 1.807) is 23.2 Å². The minimum Gasteiger partial charge on any atom is -0.459 e. The molecule has 0 saturated heterocycles. The molecule has 0 unspecified atom stereocenters. The summed E-state index contributed by atoms with van der Waals surface area (Å²) in [5, 5.41) is 2.20. The maximum absolute atomic E-state index is 7.68. The molecule has 2 aromatic heterocycles. The SMILES string of the molecule is [2H]C([2H])([2H])N1C=CN(c2cc([N+]#[C-])cc(Oc3ccc4c5ccccc5n(-c5cc(C(C)(C)C)ccn5)c4c3)c2)C1. The second kappa shape index (κ2) is 8.97. The third-order valence-corrected chi connectivity index (χ3v) is 6.79. The molecule has 0 fully saturated rings. The average molecular weight is 503 g/mol. The monoisotopic (exact) mass is 502 g/mol. The molecule has 6 heteroatoms. The van der Waals surface area contributed by atoms with Gasteiger partial charge < -0.3 is 14.5 Å². The summed E-state index contributed by atoms with van der Waals surface area (Å²) in [4.78, 5) is 11.4. The zero-order valence-corrected chi connectivity index (χ0v) is 21.5. The number of anilines is 1. The number of benzene rings is 3. The lowest BCUT2D eigenvalue weighted by atomic mass is 9.88. The van der Waals surface area contributed by atoms with Gasteiger partial charge in [-0.1, -0.05) is 39.0 Å². The minimum absolute atomic E-state index is 0.0264. The Bertz CT molecular complexity index is 1860. The average Bonchev–Trinajstić information content (AvgIpc) is 3.56. The molecule has 5 aromatic rings. The molecule has 0 radical (unpaired) electrons. The van der Waals surface area contributed by atoms with Gasteiger partial charge in [-0.2, -0.15) is 0 Å². The predicted octanol–water partition coefficient (Wildman–Crippen LogP) is 8.00. The van der Waals surface area contributed by atoms with E-state index < -0.39 is 6.98 Å². The fraction of sp³-hybridized carbons (Fsp3) is 0.188. The molecular weight excluding hydrogens is 470 g/mol. The van der Waals surface area contributed by atoms with Crippen molar-refractivity contribution >= 4 is 33.2 Å². The molecule has 3 heterocycles. The number of para-hydroxylation sites is 1. The number of ether oxygens (including phenoxy) is 1. The van der Waals surface area contributed by atoms with Gasteiger partial charge in [-0.05, 0) is 53.4 Å². The van der Waals surface area contributed by atoms with Crippen LogP contribution in [0, 0.1) is 6.57 Å². The topological polar surface area (TPSA) is 37.9 Å². The molecule has 0 bridgehead atoms. The number of hydrogen-bond acceptors (Lipinski definition) is 4. The van der Waals surface area contributed by atoms with Crippen LogP contribution in [0.2, 0.25) is 0 Å². The molecule has 0 atom stereocenters. The van der Waals surface area contributed by atoms with Crippen LogP contribution in [0.1, 0.15) is 30.4 Å². The highest BCUT2D eigenvalue weighted by Gasteiger charge is 2.18. The Hall–Kier alpha value is -4.76. The molecular formula is C32H29N5O. The lowest BCUT2D eigenvalue weighted by molar-refractivity contribution is 0.481. The number of fused-ring (bicyclic) bond motifs is 3. The third kappa shape index (κ3) is 4.22.